The number of aromatic nitrogens is 1. The van der Waals surface area contributed by atoms with Crippen LogP contribution in [-0.2, 0) is 4.79 Å². The van der Waals surface area contributed by atoms with Gasteiger partial charge in [0.15, 0.2) is 5.96 Å². The number of rotatable bonds is 6. The summed E-state index contributed by atoms with van der Waals surface area (Å²) in [6.45, 7) is 2.50. The third-order valence-corrected chi connectivity index (χ3v) is 5.20. The SMILES string of the molecule is CN=C(NCCC(=O)Nc1ccc(C)cn1)NC1CCC(SC)C1.I. The summed E-state index contributed by atoms with van der Waals surface area (Å²) in [4.78, 5) is 20.3. The number of halogens is 1. The van der Waals surface area contributed by atoms with E-state index in [0.717, 1.165) is 16.8 Å². The fourth-order valence-electron chi connectivity index (χ4n) is 2.71. The van der Waals surface area contributed by atoms with Crippen LogP contribution < -0.4 is 16.0 Å². The second-order valence-corrected chi connectivity index (χ2v) is 7.17. The topological polar surface area (TPSA) is 78.4 Å². The highest BCUT2D eigenvalue weighted by molar-refractivity contribution is 14.0. The lowest BCUT2D eigenvalue weighted by Crippen LogP contribution is -2.43. The quantitative estimate of drug-likeness (QED) is 0.334. The van der Waals surface area contributed by atoms with Gasteiger partial charge in [0, 0.05) is 37.5 Å². The van der Waals surface area contributed by atoms with Crippen molar-refractivity contribution in [3.05, 3.63) is 23.9 Å². The number of carbonyl (C=O) groups is 1. The van der Waals surface area contributed by atoms with Gasteiger partial charge in [-0.05, 0) is 44.1 Å². The Balaban J connectivity index is 0.00000312. The van der Waals surface area contributed by atoms with Crippen LogP contribution in [0.5, 0.6) is 0 Å². The van der Waals surface area contributed by atoms with Gasteiger partial charge in [-0.3, -0.25) is 9.79 Å². The van der Waals surface area contributed by atoms with Crippen molar-refractivity contribution in [2.45, 2.75) is 43.9 Å². The Morgan fingerprint density at radius 3 is 2.80 bits per heavy atom. The van der Waals surface area contributed by atoms with E-state index in [1.54, 1.807) is 13.2 Å². The molecule has 0 bridgehead atoms. The number of pyridine rings is 1. The van der Waals surface area contributed by atoms with E-state index < -0.39 is 0 Å². The zero-order chi connectivity index (χ0) is 17.4. The predicted octanol–water partition coefficient (Wildman–Crippen LogP) is 2.79. The fraction of sp³-hybridized carbons (Fsp3) is 0.588. The summed E-state index contributed by atoms with van der Waals surface area (Å²) >= 11 is 1.94. The molecule has 1 saturated carbocycles. The van der Waals surface area contributed by atoms with Crippen LogP contribution in [0.25, 0.3) is 0 Å². The molecule has 2 unspecified atom stereocenters. The molecule has 25 heavy (non-hydrogen) atoms. The van der Waals surface area contributed by atoms with Gasteiger partial charge in [0.1, 0.15) is 5.82 Å². The molecule has 2 atom stereocenters. The summed E-state index contributed by atoms with van der Waals surface area (Å²) in [7, 11) is 1.76. The van der Waals surface area contributed by atoms with E-state index >= 15 is 0 Å². The molecule has 1 aromatic heterocycles. The van der Waals surface area contributed by atoms with Crippen molar-refractivity contribution in [2.75, 3.05) is 25.2 Å². The zero-order valence-electron chi connectivity index (χ0n) is 15.0. The molecule has 0 aliphatic heterocycles. The number of nitrogens with zero attached hydrogens (tertiary/aromatic N) is 2. The molecule has 6 nitrogen and oxygen atoms in total. The number of guanidine groups is 1. The number of carbonyl (C=O) groups excluding carboxylic acids is 1. The number of thioether (sulfide) groups is 1. The molecule has 0 saturated heterocycles. The van der Waals surface area contributed by atoms with Crippen LogP contribution in [0.4, 0.5) is 5.82 Å². The van der Waals surface area contributed by atoms with Gasteiger partial charge in [0.2, 0.25) is 5.91 Å². The normalized spacial score (nSPS) is 19.9. The molecular formula is C17H28IN5OS. The van der Waals surface area contributed by atoms with Crippen LogP contribution in [0.2, 0.25) is 0 Å². The van der Waals surface area contributed by atoms with E-state index in [4.69, 9.17) is 0 Å². The molecule has 1 aliphatic carbocycles. The van der Waals surface area contributed by atoms with Gasteiger partial charge in [0.05, 0.1) is 0 Å². The van der Waals surface area contributed by atoms with Gasteiger partial charge in [-0.2, -0.15) is 11.8 Å². The molecule has 0 spiro atoms. The highest BCUT2D eigenvalue weighted by Gasteiger charge is 2.24. The van der Waals surface area contributed by atoms with Gasteiger partial charge >= 0.3 is 0 Å². The molecule has 1 heterocycles. The average Bonchev–Trinajstić information content (AvgIpc) is 3.03. The summed E-state index contributed by atoms with van der Waals surface area (Å²) < 4.78 is 0. The smallest absolute Gasteiger partial charge is 0.227 e. The lowest BCUT2D eigenvalue weighted by molar-refractivity contribution is -0.116. The number of amides is 1. The molecule has 0 aromatic carbocycles. The average molecular weight is 477 g/mol. The van der Waals surface area contributed by atoms with Crippen molar-refractivity contribution in [2.24, 2.45) is 4.99 Å². The van der Waals surface area contributed by atoms with E-state index in [1.807, 2.05) is 30.8 Å². The maximum Gasteiger partial charge on any atom is 0.227 e. The third-order valence-electron chi connectivity index (χ3n) is 4.11. The Morgan fingerprint density at radius 1 is 1.40 bits per heavy atom. The van der Waals surface area contributed by atoms with E-state index in [-0.39, 0.29) is 29.9 Å². The van der Waals surface area contributed by atoms with Crippen LogP contribution in [0, 0.1) is 6.92 Å². The number of hydrogen-bond donors (Lipinski definition) is 3. The van der Waals surface area contributed by atoms with Gasteiger partial charge < -0.3 is 16.0 Å². The molecule has 1 aliphatic rings. The number of nitrogens with one attached hydrogen (secondary N) is 3. The molecule has 1 fully saturated rings. The summed E-state index contributed by atoms with van der Waals surface area (Å²) in [5.41, 5.74) is 1.07. The monoisotopic (exact) mass is 477 g/mol. The van der Waals surface area contributed by atoms with Gasteiger partial charge in [-0.1, -0.05) is 6.07 Å². The van der Waals surface area contributed by atoms with E-state index in [0.29, 0.717) is 24.8 Å². The van der Waals surface area contributed by atoms with E-state index in [1.165, 1.54) is 19.3 Å². The molecule has 0 radical (unpaired) electrons. The second-order valence-electron chi connectivity index (χ2n) is 6.03. The van der Waals surface area contributed by atoms with E-state index in [2.05, 4.69) is 32.2 Å². The minimum Gasteiger partial charge on any atom is -0.356 e. The van der Waals surface area contributed by atoms with Crippen LogP contribution >= 0.6 is 35.7 Å². The maximum absolute atomic E-state index is 11.9. The fourth-order valence-corrected chi connectivity index (χ4v) is 3.51. The lowest BCUT2D eigenvalue weighted by Gasteiger charge is -2.17. The molecular weight excluding hydrogens is 449 g/mol. The summed E-state index contributed by atoms with van der Waals surface area (Å²) in [5, 5.41) is 10.2. The molecule has 1 aromatic rings. The Labute approximate surface area is 171 Å². The minimum atomic E-state index is -0.0578. The predicted molar refractivity (Wildman–Crippen MR) is 117 cm³/mol. The maximum atomic E-state index is 11.9. The van der Waals surface area contributed by atoms with Gasteiger partial charge in [-0.15, -0.1) is 24.0 Å². The van der Waals surface area contributed by atoms with Gasteiger partial charge in [0.25, 0.3) is 0 Å². The summed E-state index contributed by atoms with van der Waals surface area (Å²) in [6.07, 6.45) is 7.87. The molecule has 140 valence electrons. The first-order chi connectivity index (χ1) is 11.6. The molecule has 8 heteroatoms. The van der Waals surface area contributed by atoms with Crippen molar-refractivity contribution >= 4 is 53.4 Å². The third kappa shape index (κ3) is 7.81. The molecule has 3 N–H and O–H groups in total. The molecule has 2 rings (SSSR count). The zero-order valence-corrected chi connectivity index (χ0v) is 18.2. The minimum absolute atomic E-state index is 0. The lowest BCUT2D eigenvalue weighted by atomic mass is 10.2. The largest absolute Gasteiger partial charge is 0.356 e. The van der Waals surface area contributed by atoms with Crippen LogP contribution in [0.3, 0.4) is 0 Å². The first-order valence-corrected chi connectivity index (χ1v) is 9.62. The van der Waals surface area contributed by atoms with Crippen molar-refractivity contribution < 1.29 is 4.79 Å². The highest BCUT2D eigenvalue weighted by atomic mass is 127. The number of anilines is 1. The second kappa shape index (κ2) is 11.6. The van der Waals surface area contributed by atoms with Crippen LogP contribution in [-0.4, -0.2) is 48.0 Å². The van der Waals surface area contributed by atoms with E-state index in [9.17, 15) is 4.79 Å². The standard InChI is InChI=1S/C17H27N5OS.HI/c1-12-4-7-15(20-11-12)22-16(23)8-9-19-17(18-2)21-13-5-6-14(10-13)24-3;/h4,7,11,13-14H,5-6,8-10H2,1-3H3,(H2,18,19,21)(H,20,22,23);1H. The van der Waals surface area contributed by atoms with Crippen molar-refractivity contribution in [1.29, 1.82) is 0 Å². The van der Waals surface area contributed by atoms with Crippen molar-refractivity contribution in [1.82, 2.24) is 15.6 Å². The molecule has 1 amide bonds. The Hall–Kier alpha value is -1.03. The summed E-state index contributed by atoms with van der Waals surface area (Å²) in [5.74, 6) is 1.29. The highest BCUT2D eigenvalue weighted by Crippen LogP contribution is 2.27. The summed E-state index contributed by atoms with van der Waals surface area (Å²) in [6, 6.07) is 4.21. The number of aliphatic imine (C=N–C) groups is 1. The number of aryl methyl sites for hydroxylation is 1. The van der Waals surface area contributed by atoms with Crippen molar-refractivity contribution in [3.8, 4) is 0 Å². The van der Waals surface area contributed by atoms with Crippen LogP contribution in [0.15, 0.2) is 23.3 Å². The van der Waals surface area contributed by atoms with Crippen LogP contribution in [0.1, 0.15) is 31.2 Å². The van der Waals surface area contributed by atoms with Crippen molar-refractivity contribution in [3.63, 3.8) is 0 Å². The first-order valence-electron chi connectivity index (χ1n) is 8.33. The van der Waals surface area contributed by atoms with Gasteiger partial charge in [-0.25, -0.2) is 4.98 Å². The Morgan fingerprint density at radius 2 is 2.20 bits per heavy atom. The number of hydrogen-bond acceptors (Lipinski definition) is 4. The first kappa shape index (κ1) is 22.0. The Kier molecular flexibility index (Phi) is 10.2. The Bertz CT molecular complexity index is 567.